The second-order valence-electron chi connectivity index (χ2n) is 10.9. The first kappa shape index (κ1) is 20.1. The van der Waals surface area contributed by atoms with Crippen molar-refractivity contribution in [3.05, 3.63) is 164 Å². The lowest BCUT2D eigenvalue weighted by Crippen LogP contribution is -2.00. The van der Waals surface area contributed by atoms with E-state index in [1.54, 1.807) is 11.3 Å². The van der Waals surface area contributed by atoms with Crippen LogP contribution in [0.2, 0.25) is 0 Å². The van der Waals surface area contributed by atoms with Crippen molar-refractivity contribution >= 4 is 42.3 Å². The fourth-order valence-corrected chi connectivity index (χ4v) is 7.03. The van der Waals surface area contributed by atoms with Crippen LogP contribution in [-0.4, -0.2) is 15.0 Å². The Labute approximate surface area is 294 Å². The molecule has 0 fully saturated rings. The van der Waals surface area contributed by atoms with E-state index in [-0.39, 0.29) is 45.7 Å². The van der Waals surface area contributed by atoms with Crippen LogP contribution in [0.3, 0.4) is 0 Å². The summed E-state index contributed by atoms with van der Waals surface area (Å²) < 4.78 is 85.3. The largest absolute Gasteiger partial charge is 0.457 e. The third kappa shape index (κ3) is 5.07. The minimum Gasteiger partial charge on any atom is -0.457 e. The van der Waals surface area contributed by atoms with Crippen LogP contribution in [0.25, 0.3) is 76.2 Å². The fraction of sp³-hybridized carbons (Fsp3) is 0. The van der Waals surface area contributed by atoms with Gasteiger partial charge in [-0.25, -0.2) is 15.0 Å². The van der Waals surface area contributed by atoms with Crippen molar-refractivity contribution in [1.82, 2.24) is 15.0 Å². The molecular formula is C43H27N3OS. The standard InChI is InChI=1S/C43H27N3OS/c1-3-13-29(14-4-1)34-25-26-36(39-35-22-9-10-24-38(35)48-40(34)39)43-45-41(30-16-5-2-6-17-30)44-42(46-43)31-19-11-20-32(27-31)47-37-23-12-18-28-15-7-8-21-33(28)37/h1-27H/i7D,8D,11D,12D,15D,18D,19D,20D,21D. The van der Waals surface area contributed by atoms with Crippen LogP contribution in [0.4, 0.5) is 0 Å². The third-order valence-corrected chi connectivity index (χ3v) is 9.18. The van der Waals surface area contributed by atoms with E-state index in [2.05, 4.69) is 30.3 Å². The predicted octanol–water partition coefficient (Wildman–Crippen LogP) is 11.9. The number of aromatic nitrogens is 3. The smallest absolute Gasteiger partial charge is 0.164 e. The molecule has 0 unspecified atom stereocenters. The Balaban J connectivity index is 1.28. The molecule has 0 aliphatic rings. The maximum atomic E-state index is 9.03. The van der Waals surface area contributed by atoms with Gasteiger partial charge in [-0.3, -0.25) is 0 Å². The van der Waals surface area contributed by atoms with Crippen LogP contribution >= 0.6 is 11.3 Å². The predicted molar refractivity (Wildman–Crippen MR) is 198 cm³/mol. The molecule has 7 aromatic carbocycles. The number of nitrogens with zero attached hydrogens (tertiary/aromatic N) is 3. The number of ether oxygens (including phenoxy) is 1. The van der Waals surface area contributed by atoms with Crippen molar-refractivity contribution in [2.24, 2.45) is 0 Å². The Kier molecular flexibility index (Phi) is 4.99. The topological polar surface area (TPSA) is 47.9 Å². The molecule has 0 aliphatic heterocycles. The maximum Gasteiger partial charge on any atom is 0.164 e. The van der Waals surface area contributed by atoms with Gasteiger partial charge in [-0.15, -0.1) is 11.3 Å². The highest BCUT2D eigenvalue weighted by Crippen LogP contribution is 2.44. The van der Waals surface area contributed by atoms with E-state index in [4.69, 9.17) is 32.0 Å². The summed E-state index contributed by atoms with van der Waals surface area (Å²) in [6.07, 6.45) is 0. The molecular weight excluding hydrogens is 607 g/mol. The lowest BCUT2D eigenvalue weighted by molar-refractivity contribution is 0.488. The first-order valence-corrected chi connectivity index (χ1v) is 15.9. The molecule has 0 spiro atoms. The molecule has 4 nitrogen and oxygen atoms in total. The highest BCUT2D eigenvalue weighted by atomic mass is 32.1. The van der Waals surface area contributed by atoms with E-state index in [0.29, 0.717) is 17.2 Å². The Morgan fingerprint density at radius 1 is 0.521 bits per heavy atom. The van der Waals surface area contributed by atoms with Gasteiger partial charge in [0.25, 0.3) is 0 Å². The second kappa shape index (κ2) is 11.9. The van der Waals surface area contributed by atoms with Gasteiger partial charge in [-0.05, 0) is 46.8 Å². The van der Waals surface area contributed by atoms with Crippen LogP contribution in [0.5, 0.6) is 11.5 Å². The summed E-state index contributed by atoms with van der Waals surface area (Å²) in [4.78, 5) is 14.7. The number of hydrogen-bond donors (Lipinski definition) is 0. The molecule has 0 N–H and O–H groups in total. The number of rotatable bonds is 6. The molecule has 0 atom stereocenters. The van der Waals surface area contributed by atoms with Gasteiger partial charge < -0.3 is 4.74 Å². The van der Waals surface area contributed by atoms with E-state index in [0.717, 1.165) is 42.9 Å². The maximum absolute atomic E-state index is 9.03. The lowest BCUT2D eigenvalue weighted by Gasteiger charge is -2.12. The summed E-state index contributed by atoms with van der Waals surface area (Å²) in [7, 11) is 0. The first-order chi connectivity index (χ1) is 27.5. The first-order valence-electron chi connectivity index (χ1n) is 19.6. The van der Waals surface area contributed by atoms with Crippen molar-refractivity contribution in [2.45, 2.75) is 0 Å². The Morgan fingerprint density at radius 2 is 1.21 bits per heavy atom. The molecule has 5 heteroatoms. The van der Waals surface area contributed by atoms with E-state index in [1.807, 2.05) is 66.7 Å². The quantitative estimate of drug-likeness (QED) is 0.181. The van der Waals surface area contributed by atoms with E-state index in [9.17, 15) is 0 Å². The normalized spacial score (nSPS) is 14.0. The van der Waals surface area contributed by atoms with Crippen molar-refractivity contribution in [3.63, 3.8) is 0 Å². The molecule has 0 radical (unpaired) electrons. The minimum atomic E-state index is -0.560. The van der Waals surface area contributed by atoms with Gasteiger partial charge in [-0.2, -0.15) is 0 Å². The number of hydrogen-bond acceptors (Lipinski definition) is 5. The van der Waals surface area contributed by atoms with Crippen LogP contribution in [0.15, 0.2) is 164 Å². The lowest BCUT2D eigenvalue weighted by atomic mass is 9.98. The zero-order chi connectivity index (χ0) is 39.7. The number of thiophene rings is 1. The monoisotopic (exact) mass is 642 g/mol. The molecule has 0 saturated carbocycles. The highest BCUT2D eigenvalue weighted by Gasteiger charge is 2.19. The van der Waals surface area contributed by atoms with Gasteiger partial charge in [0.1, 0.15) is 11.5 Å². The average molecular weight is 643 g/mol. The Hall–Kier alpha value is -6.17. The Bertz CT molecular complexity index is 3110. The van der Waals surface area contributed by atoms with E-state index >= 15 is 0 Å². The summed E-state index contributed by atoms with van der Waals surface area (Å²) in [5.74, 6) is 0.226. The molecule has 0 aliphatic carbocycles. The molecule has 9 rings (SSSR count). The Morgan fingerprint density at radius 3 is 2.06 bits per heavy atom. The third-order valence-electron chi connectivity index (χ3n) is 7.97. The van der Waals surface area contributed by atoms with Crippen LogP contribution in [0, 0.1) is 0 Å². The van der Waals surface area contributed by atoms with Crippen molar-refractivity contribution < 1.29 is 17.1 Å². The van der Waals surface area contributed by atoms with Gasteiger partial charge in [0.2, 0.25) is 0 Å². The summed E-state index contributed by atoms with van der Waals surface area (Å²) in [5, 5.41) is 1.62. The van der Waals surface area contributed by atoms with Gasteiger partial charge in [0.05, 0.1) is 12.3 Å². The van der Waals surface area contributed by atoms with Crippen molar-refractivity contribution in [2.75, 3.05) is 0 Å². The van der Waals surface area contributed by atoms with Gasteiger partial charge in [-0.1, -0.05) is 133 Å². The zero-order valence-corrected chi connectivity index (χ0v) is 25.9. The summed E-state index contributed by atoms with van der Waals surface area (Å²) in [6.45, 7) is 0. The van der Waals surface area contributed by atoms with E-state index in [1.165, 1.54) is 6.07 Å². The van der Waals surface area contributed by atoms with Crippen molar-refractivity contribution in [3.8, 4) is 56.8 Å². The number of benzene rings is 7. The van der Waals surface area contributed by atoms with Gasteiger partial charge in [0, 0.05) is 42.2 Å². The van der Waals surface area contributed by atoms with Gasteiger partial charge in [0.15, 0.2) is 17.5 Å². The average Bonchev–Trinajstić information content (AvgIpc) is 3.63. The second-order valence-corrected chi connectivity index (χ2v) is 12.0. The molecule has 226 valence electrons. The van der Waals surface area contributed by atoms with Crippen molar-refractivity contribution in [1.29, 1.82) is 0 Å². The van der Waals surface area contributed by atoms with Crippen LogP contribution in [-0.2, 0) is 0 Å². The molecule has 2 heterocycles. The van der Waals surface area contributed by atoms with E-state index < -0.39 is 42.3 Å². The fourth-order valence-electron chi connectivity index (χ4n) is 5.77. The summed E-state index contributed by atoms with van der Waals surface area (Å²) >= 11 is 1.67. The summed E-state index contributed by atoms with van der Waals surface area (Å²) in [5.41, 5.74) is 3.58. The van der Waals surface area contributed by atoms with Crippen LogP contribution < -0.4 is 4.74 Å². The zero-order valence-electron chi connectivity index (χ0n) is 34.1. The molecule has 0 bridgehead atoms. The molecule has 48 heavy (non-hydrogen) atoms. The minimum absolute atomic E-state index is 0.0384. The summed E-state index contributed by atoms with van der Waals surface area (Å²) in [6, 6.07) is 29.9. The molecule has 2 aromatic heterocycles. The molecule has 9 aromatic rings. The molecule has 0 amide bonds. The highest BCUT2D eigenvalue weighted by molar-refractivity contribution is 7.26. The molecule has 0 saturated heterocycles. The SMILES string of the molecule is [2H]c1cc(Oc2cc(-c3nc(-c4ccccc4)nc(-c4ccc(-c5ccccc5)c5sc6ccccc6c45)n3)c([2H])c([2H])c2[2H])c2c([2H])c([2H])c([2H])c([2H])c2c1[2H]. The van der Waals surface area contributed by atoms with Crippen LogP contribution in [0.1, 0.15) is 12.3 Å². The number of fused-ring (bicyclic) bond motifs is 4. The van der Waals surface area contributed by atoms with Gasteiger partial charge >= 0.3 is 0 Å².